The van der Waals surface area contributed by atoms with E-state index in [0.29, 0.717) is 0 Å². The zero-order valence-corrected chi connectivity index (χ0v) is 8.65. The van der Waals surface area contributed by atoms with E-state index in [-0.39, 0.29) is 5.79 Å². The van der Waals surface area contributed by atoms with Crippen LogP contribution in [0.25, 0.3) is 0 Å². The van der Waals surface area contributed by atoms with Crippen molar-refractivity contribution >= 4 is 11.8 Å². The highest BCUT2D eigenvalue weighted by atomic mass is 32.2. The summed E-state index contributed by atoms with van der Waals surface area (Å²) in [6.07, 6.45) is 6.16. The molecule has 1 aliphatic carbocycles. The van der Waals surface area contributed by atoms with Gasteiger partial charge in [-0.2, -0.15) is 0 Å². The smallest absolute Gasteiger partial charge is 0.168 e. The maximum absolute atomic E-state index is 5.94. The maximum Gasteiger partial charge on any atom is 0.168 e. The molecule has 2 aliphatic heterocycles. The van der Waals surface area contributed by atoms with Crippen LogP contribution in [0.15, 0.2) is 0 Å². The van der Waals surface area contributed by atoms with E-state index < -0.39 is 0 Å². The number of ether oxygens (including phenoxy) is 2. The fourth-order valence-electron chi connectivity index (χ4n) is 2.36. The fourth-order valence-corrected chi connectivity index (χ4v) is 3.17. The first-order chi connectivity index (χ1) is 6.38. The third-order valence-corrected chi connectivity index (χ3v) is 4.64. The number of thioether (sulfide) groups is 1. The summed E-state index contributed by atoms with van der Waals surface area (Å²) in [5.41, 5.74) is 0. The molecule has 13 heavy (non-hydrogen) atoms. The molecule has 3 aliphatic rings. The van der Waals surface area contributed by atoms with Gasteiger partial charge in [0, 0.05) is 23.3 Å². The molecule has 1 spiro atoms. The Bertz CT molecular complexity index is 187. The van der Waals surface area contributed by atoms with Crippen LogP contribution in [0.2, 0.25) is 0 Å². The van der Waals surface area contributed by atoms with Gasteiger partial charge < -0.3 is 9.47 Å². The minimum Gasteiger partial charge on any atom is -0.349 e. The van der Waals surface area contributed by atoms with E-state index in [9.17, 15) is 0 Å². The van der Waals surface area contributed by atoms with Gasteiger partial charge in [0.2, 0.25) is 0 Å². The highest BCUT2D eigenvalue weighted by Crippen LogP contribution is 2.47. The molecule has 0 N–H and O–H groups in total. The van der Waals surface area contributed by atoms with Gasteiger partial charge in [0.05, 0.1) is 13.2 Å². The van der Waals surface area contributed by atoms with Gasteiger partial charge in [-0.05, 0) is 12.8 Å². The van der Waals surface area contributed by atoms with E-state index in [1.54, 1.807) is 0 Å². The van der Waals surface area contributed by atoms with Crippen molar-refractivity contribution in [1.82, 2.24) is 0 Å². The lowest BCUT2D eigenvalue weighted by Gasteiger charge is -2.36. The molecule has 0 radical (unpaired) electrons. The van der Waals surface area contributed by atoms with Crippen molar-refractivity contribution < 1.29 is 9.47 Å². The number of hydrogen-bond acceptors (Lipinski definition) is 3. The second-order valence-corrected chi connectivity index (χ2v) is 5.79. The highest BCUT2D eigenvalue weighted by molar-refractivity contribution is 8.07. The number of rotatable bonds is 0. The van der Waals surface area contributed by atoms with Crippen LogP contribution in [0.1, 0.15) is 32.1 Å². The molecule has 0 aromatic carbocycles. The molecule has 74 valence electrons. The molecule has 3 rings (SSSR count). The van der Waals surface area contributed by atoms with Gasteiger partial charge >= 0.3 is 0 Å². The van der Waals surface area contributed by atoms with Gasteiger partial charge in [0.1, 0.15) is 0 Å². The van der Waals surface area contributed by atoms with Crippen LogP contribution in [-0.2, 0) is 9.47 Å². The van der Waals surface area contributed by atoms with Gasteiger partial charge in [-0.25, -0.2) is 0 Å². The summed E-state index contributed by atoms with van der Waals surface area (Å²) in [6, 6.07) is 0. The lowest BCUT2D eigenvalue weighted by Crippen LogP contribution is -2.38. The Morgan fingerprint density at radius 3 is 2.15 bits per heavy atom. The normalized spacial score (nSPS) is 42.5. The van der Waals surface area contributed by atoms with Crippen molar-refractivity contribution in [2.24, 2.45) is 0 Å². The van der Waals surface area contributed by atoms with Gasteiger partial charge in [0.25, 0.3) is 0 Å². The van der Waals surface area contributed by atoms with Crippen LogP contribution in [0.4, 0.5) is 0 Å². The van der Waals surface area contributed by atoms with E-state index >= 15 is 0 Å². The molecule has 2 heterocycles. The summed E-state index contributed by atoms with van der Waals surface area (Å²) in [5, 5.41) is 1.50. The molecule has 2 unspecified atom stereocenters. The Kier molecular flexibility index (Phi) is 2.07. The average Bonchev–Trinajstić information content (AvgIpc) is 2.92. The molecule has 1 saturated carbocycles. The molecule has 0 amide bonds. The predicted molar refractivity (Wildman–Crippen MR) is 52.9 cm³/mol. The Labute approximate surface area is 83.4 Å². The maximum atomic E-state index is 5.94. The van der Waals surface area contributed by atoms with Crippen molar-refractivity contribution in [2.75, 3.05) is 13.2 Å². The van der Waals surface area contributed by atoms with Crippen molar-refractivity contribution in [3.63, 3.8) is 0 Å². The van der Waals surface area contributed by atoms with Crippen LogP contribution in [0.5, 0.6) is 0 Å². The van der Waals surface area contributed by atoms with Crippen LogP contribution in [-0.4, -0.2) is 29.5 Å². The fraction of sp³-hybridized carbons (Fsp3) is 1.00. The Morgan fingerprint density at radius 1 is 0.923 bits per heavy atom. The van der Waals surface area contributed by atoms with Crippen molar-refractivity contribution in [3.8, 4) is 0 Å². The molecular weight excluding hydrogens is 184 g/mol. The summed E-state index contributed by atoms with van der Waals surface area (Å²) in [4.78, 5) is 0. The third-order valence-electron chi connectivity index (χ3n) is 3.32. The van der Waals surface area contributed by atoms with E-state index in [1.165, 1.54) is 19.3 Å². The van der Waals surface area contributed by atoms with Crippen LogP contribution < -0.4 is 0 Å². The lowest BCUT2D eigenvalue weighted by molar-refractivity contribution is -0.240. The molecular formula is C10H16O2S. The molecule has 0 aromatic heterocycles. The van der Waals surface area contributed by atoms with Crippen LogP contribution in [0, 0.1) is 0 Å². The minimum atomic E-state index is -0.160. The Balaban J connectivity index is 1.68. The number of hydrogen-bond donors (Lipinski definition) is 0. The van der Waals surface area contributed by atoms with Crippen molar-refractivity contribution in [2.45, 2.75) is 48.4 Å². The van der Waals surface area contributed by atoms with Crippen LogP contribution >= 0.6 is 11.8 Å². The molecule has 0 bridgehead atoms. The second kappa shape index (κ2) is 3.14. The topological polar surface area (TPSA) is 18.5 Å². The first-order valence-corrected chi connectivity index (χ1v) is 6.26. The highest BCUT2D eigenvalue weighted by Gasteiger charge is 2.47. The molecule has 3 heteroatoms. The molecule has 2 nitrogen and oxygen atoms in total. The van der Waals surface area contributed by atoms with E-state index in [0.717, 1.165) is 36.6 Å². The van der Waals surface area contributed by atoms with E-state index in [4.69, 9.17) is 9.47 Å². The largest absolute Gasteiger partial charge is 0.349 e. The Morgan fingerprint density at radius 2 is 1.54 bits per heavy atom. The molecule has 3 fully saturated rings. The minimum absolute atomic E-state index is 0.160. The van der Waals surface area contributed by atoms with Gasteiger partial charge in [0.15, 0.2) is 5.79 Å². The standard InChI is InChI=1S/C10H16O2S/c1-2-4-10(5-3-1)11-6-8-9(13-8)7-12-10/h8-9H,1-7H2. The quantitative estimate of drug-likeness (QED) is 0.558. The van der Waals surface area contributed by atoms with E-state index in [2.05, 4.69) is 0 Å². The summed E-state index contributed by atoms with van der Waals surface area (Å²) >= 11 is 2.01. The zero-order valence-electron chi connectivity index (χ0n) is 7.83. The molecule has 2 atom stereocenters. The zero-order chi connectivity index (χ0) is 8.73. The monoisotopic (exact) mass is 200 g/mol. The summed E-state index contributed by atoms with van der Waals surface area (Å²) in [7, 11) is 0. The second-order valence-electron chi connectivity index (χ2n) is 4.31. The van der Waals surface area contributed by atoms with E-state index in [1.807, 2.05) is 11.8 Å². The first kappa shape index (κ1) is 8.57. The Hall–Kier alpha value is 0.270. The molecule has 0 aromatic rings. The summed E-state index contributed by atoms with van der Waals surface area (Å²) in [6.45, 7) is 1.85. The lowest BCUT2D eigenvalue weighted by atomic mass is 9.94. The summed E-state index contributed by atoms with van der Waals surface area (Å²) in [5.74, 6) is -0.160. The van der Waals surface area contributed by atoms with Gasteiger partial charge in [-0.3, -0.25) is 0 Å². The van der Waals surface area contributed by atoms with Crippen LogP contribution in [0.3, 0.4) is 0 Å². The third kappa shape index (κ3) is 1.62. The summed E-state index contributed by atoms with van der Waals surface area (Å²) < 4.78 is 11.9. The van der Waals surface area contributed by atoms with Crippen molar-refractivity contribution in [1.29, 1.82) is 0 Å². The van der Waals surface area contributed by atoms with Crippen molar-refractivity contribution in [3.05, 3.63) is 0 Å². The van der Waals surface area contributed by atoms with Gasteiger partial charge in [-0.1, -0.05) is 6.42 Å². The first-order valence-electron chi connectivity index (χ1n) is 5.31. The average molecular weight is 200 g/mol. The molecule has 2 saturated heterocycles. The SMILES string of the molecule is C1CCC2(CC1)OCC1SC1CO2. The van der Waals surface area contributed by atoms with Gasteiger partial charge in [-0.15, -0.1) is 11.8 Å². The number of fused-ring (bicyclic) bond motifs is 1. The predicted octanol–water partition coefficient (Wildman–Crippen LogP) is 2.18.